The van der Waals surface area contributed by atoms with Crippen molar-refractivity contribution >= 4 is 11.4 Å². The molecule has 27 heavy (non-hydrogen) atoms. The van der Waals surface area contributed by atoms with Gasteiger partial charge in [-0.3, -0.25) is 15.1 Å². The first-order valence-electron chi connectivity index (χ1n) is 9.00. The van der Waals surface area contributed by atoms with Crippen molar-refractivity contribution in [3.8, 4) is 22.8 Å². The summed E-state index contributed by atoms with van der Waals surface area (Å²) in [5.74, 6) is 0.661. The van der Waals surface area contributed by atoms with Gasteiger partial charge in [0, 0.05) is 35.6 Å². The fourth-order valence-electron chi connectivity index (χ4n) is 3.36. The Labute approximate surface area is 155 Å². The number of nitrogens with one attached hydrogen (secondary N) is 1. The number of nitro benzene ring substituents is 1. The molecule has 0 atom stereocenters. The molecule has 4 rings (SSSR count). The molecule has 1 fully saturated rings. The number of aromatic nitrogens is 3. The second-order valence-corrected chi connectivity index (χ2v) is 6.63. The van der Waals surface area contributed by atoms with Crippen molar-refractivity contribution in [2.75, 3.05) is 5.32 Å². The van der Waals surface area contributed by atoms with Crippen LogP contribution in [0.2, 0.25) is 0 Å². The third-order valence-electron chi connectivity index (χ3n) is 4.77. The molecular formula is C19H19N5O3. The second-order valence-electron chi connectivity index (χ2n) is 6.63. The van der Waals surface area contributed by atoms with E-state index < -0.39 is 0 Å². The molecule has 1 aliphatic carbocycles. The average Bonchev–Trinajstić information content (AvgIpc) is 3.20. The van der Waals surface area contributed by atoms with E-state index >= 15 is 0 Å². The number of benzene rings is 1. The monoisotopic (exact) mass is 365 g/mol. The summed E-state index contributed by atoms with van der Waals surface area (Å²) in [4.78, 5) is 19.5. The zero-order chi connectivity index (χ0) is 18.6. The van der Waals surface area contributed by atoms with Gasteiger partial charge in [0.15, 0.2) is 0 Å². The van der Waals surface area contributed by atoms with Crippen LogP contribution in [0.5, 0.6) is 0 Å². The van der Waals surface area contributed by atoms with Gasteiger partial charge in [0.2, 0.25) is 5.82 Å². The molecule has 1 N–H and O–H groups in total. The first kappa shape index (κ1) is 17.1. The molecule has 0 unspecified atom stereocenters. The molecular weight excluding hydrogens is 346 g/mol. The van der Waals surface area contributed by atoms with E-state index in [4.69, 9.17) is 4.52 Å². The molecule has 0 saturated heterocycles. The Morgan fingerprint density at radius 1 is 1.07 bits per heavy atom. The summed E-state index contributed by atoms with van der Waals surface area (Å²) in [6.45, 7) is 0. The van der Waals surface area contributed by atoms with Gasteiger partial charge in [-0.15, -0.1) is 0 Å². The van der Waals surface area contributed by atoms with Crippen LogP contribution < -0.4 is 5.32 Å². The summed E-state index contributed by atoms with van der Waals surface area (Å²) in [7, 11) is 0. The Balaban J connectivity index is 1.61. The van der Waals surface area contributed by atoms with Gasteiger partial charge in [0.1, 0.15) is 5.69 Å². The SMILES string of the molecule is O=[N+]([O-])c1cc(-c2noc(-c3ccncc3)n2)ccc1NC1CCCCC1. The van der Waals surface area contributed by atoms with E-state index in [2.05, 4.69) is 20.4 Å². The summed E-state index contributed by atoms with van der Waals surface area (Å²) in [6.07, 6.45) is 8.90. The molecule has 138 valence electrons. The van der Waals surface area contributed by atoms with Crippen molar-refractivity contribution in [3.05, 3.63) is 52.8 Å². The molecule has 8 heteroatoms. The van der Waals surface area contributed by atoms with E-state index in [1.54, 1.807) is 36.7 Å². The van der Waals surface area contributed by atoms with Gasteiger partial charge in [-0.05, 0) is 37.1 Å². The first-order chi connectivity index (χ1) is 13.2. The number of pyridine rings is 1. The molecule has 0 radical (unpaired) electrons. The van der Waals surface area contributed by atoms with E-state index in [1.807, 2.05) is 0 Å². The Morgan fingerprint density at radius 2 is 1.85 bits per heavy atom. The maximum absolute atomic E-state index is 11.6. The van der Waals surface area contributed by atoms with Crippen molar-refractivity contribution in [2.24, 2.45) is 0 Å². The van der Waals surface area contributed by atoms with Crippen molar-refractivity contribution in [3.63, 3.8) is 0 Å². The molecule has 2 heterocycles. The highest BCUT2D eigenvalue weighted by molar-refractivity contribution is 5.71. The lowest BCUT2D eigenvalue weighted by Gasteiger charge is -2.23. The van der Waals surface area contributed by atoms with Gasteiger partial charge in [-0.1, -0.05) is 24.4 Å². The minimum atomic E-state index is -0.376. The Kier molecular flexibility index (Phi) is 4.78. The number of nitrogens with zero attached hydrogens (tertiary/aromatic N) is 4. The summed E-state index contributed by atoms with van der Waals surface area (Å²) in [6, 6.07) is 8.80. The lowest BCUT2D eigenvalue weighted by atomic mass is 9.95. The smallest absolute Gasteiger partial charge is 0.293 e. The molecule has 0 aliphatic heterocycles. The van der Waals surface area contributed by atoms with Crippen LogP contribution in [-0.4, -0.2) is 26.1 Å². The van der Waals surface area contributed by atoms with Crippen LogP contribution in [0.4, 0.5) is 11.4 Å². The Bertz CT molecular complexity index is 936. The van der Waals surface area contributed by atoms with Gasteiger partial charge in [-0.2, -0.15) is 4.98 Å². The topological polar surface area (TPSA) is 107 Å². The maximum Gasteiger partial charge on any atom is 0.293 e. The molecule has 3 aromatic rings. The van der Waals surface area contributed by atoms with Gasteiger partial charge in [-0.25, -0.2) is 0 Å². The van der Waals surface area contributed by atoms with Gasteiger partial charge >= 0.3 is 0 Å². The van der Waals surface area contributed by atoms with Crippen LogP contribution >= 0.6 is 0 Å². The van der Waals surface area contributed by atoms with Crippen LogP contribution in [0.1, 0.15) is 32.1 Å². The minimum absolute atomic E-state index is 0.0216. The summed E-state index contributed by atoms with van der Waals surface area (Å²) in [5, 5.41) is 18.9. The predicted molar refractivity (Wildman–Crippen MR) is 100 cm³/mol. The van der Waals surface area contributed by atoms with Crippen molar-refractivity contribution < 1.29 is 9.45 Å². The molecule has 1 saturated carbocycles. The number of hydrogen-bond donors (Lipinski definition) is 1. The molecule has 0 bridgehead atoms. The van der Waals surface area contributed by atoms with E-state index in [0.29, 0.717) is 23.0 Å². The van der Waals surface area contributed by atoms with E-state index in [-0.39, 0.29) is 16.7 Å². The third-order valence-corrected chi connectivity index (χ3v) is 4.77. The van der Waals surface area contributed by atoms with Crippen LogP contribution in [0.15, 0.2) is 47.2 Å². The van der Waals surface area contributed by atoms with Crippen LogP contribution in [0.25, 0.3) is 22.8 Å². The highest BCUT2D eigenvalue weighted by Gasteiger charge is 2.21. The molecule has 0 spiro atoms. The van der Waals surface area contributed by atoms with E-state index in [9.17, 15) is 10.1 Å². The van der Waals surface area contributed by atoms with Gasteiger partial charge < -0.3 is 9.84 Å². The average molecular weight is 365 g/mol. The van der Waals surface area contributed by atoms with Crippen molar-refractivity contribution in [1.82, 2.24) is 15.1 Å². The number of nitro groups is 1. The predicted octanol–water partition coefficient (Wildman–Crippen LogP) is 4.45. The minimum Gasteiger partial charge on any atom is -0.377 e. The van der Waals surface area contributed by atoms with Crippen molar-refractivity contribution in [1.29, 1.82) is 0 Å². The number of anilines is 1. The maximum atomic E-state index is 11.6. The first-order valence-corrected chi connectivity index (χ1v) is 9.00. The van der Waals surface area contributed by atoms with E-state index in [0.717, 1.165) is 31.2 Å². The van der Waals surface area contributed by atoms with Crippen LogP contribution in [0.3, 0.4) is 0 Å². The lowest BCUT2D eigenvalue weighted by molar-refractivity contribution is -0.383. The van der Waals surface area contributed by atoms with Crippen LogP contribution in [0, 0.1) is 10.1 Å². The second kappa shape index (κ2) is 7.53. The van der Waals surface area contributed by atoms with E-state index in [1.165, 1.54) is 12.5 Å². The highest BCUT2D eigenvalue weighted by Crippen LogP contribution is 2.32. The van der Waals surface area contributed by atoms with Gasteiger partial charge in [0.05, 0.1) is 4.92 Å². The quantitative estimate of drug-likeness (QED) is 0.525. The largest absolute Gasteiger partial charge is 0.377 e. The lowest BCUT2D eigenvalue weighted by Crippen LogP contribution is -2.22. The van der Waals surface area contributed by atoms with Crippen molar-refractivity contribution in [2.45, 2.75) is 38.1 Å². The molecule has 1 aliphatic rings. The number of hydrogen-bond acceptors (Lipinski definition) is 7. The number of rotatable bonds is 5. The Morgan fingerprint density at radius 3 is 2.59 bits per heavy atom. The zero-order valence-corrected chi connectivity index (χ0v) is 14.7. The Hall–Kier alpha value is -3.29. The summed E-state index contributed by atoms with van der Waals surface area (Å²) < 4.78 is 5.28. The molecule has 8 nitrogen and oxygen atoms in total. The fourth-order valence-corrected chi connectivity index (χ4v) is 3.36. The van der Waals surface area contributed by atoms with Gasteiger partial charge in [0.25, 0.3) is 11.6 Å². The summed E-state index contributed by atoms with van der Waals surface area (Å²) in [5.41, 5.74) is 1.84. The molecule has 0 amide bonds. The normalized spacial score (nSPS) is 14.8. The molecule has 1 aromatic carbocycles. The fraction of sp³-hybridized carbons (Fsp3) is 0.316. The zero-order valence-electron chi connectivity index (χ0n) is 14.7. The molecule has 2 aromatic heterocycles. The standard InChI is InChI=1S/C19H19N5O3/c25-24(26)17-12-14(6-7-16(17)21-15-4-2-1-3-5-15)18-22-19(27-23-18)13-8-10-20-11-9-13/h6-12,15,21H,1-5H2. The third kappa shape index (κ3) is 3.79. The highest BCUT2D eigenvalue weighted by atomic mass is 16.6. The summed E-state index contributed by atoms with van der Waals surface area (Å²) >= 11 is 0. The van der Waals surface area contributed by atoms with Crippen LogP contribution in [-0.2, 0) is 0 Å².